The first-order chi connectivity index (χ1) is 34.6. The molecule has 70 heavy (non-hydrogen) atoms. The summed E-state index contributed by atoms with van der Waals surface area (Å²) in [6, 6.07) is 79.0. The van der Waals surface area contributed by atoms with Crippen molar-refractivity contribution in [2.45, 2.75) is 74.2 Å². The fourth-order valence-electron chi connectivity index (χ4n) is 13.9. The topological polar surface area (TPSA) is 3.24 Å². The molecule has 0 aromatic heterocycles. The molecular weight excluding hydrogens is 859 g/mol. The number of rotatable bonds is 8. The lowest BCUT2D eigenvalue weighted by atomic mass is 9.74. The molecule has 0 amide bonds. The van der Waals surface area contributed by atoms with Crippen molar-refractivity contribution in [2.75, 3.05) is 4.90 Å². The average Bonchev–Trinajstić information content (AvgIpc) is 4.15. The van der Waals surface area contributed by atoms with Crippen LogP contribution in [0.3, 0.4) is 0 Å². The molecule has 0 radical (unpaired) electrons. The second-order valence-corrected chi connectivity index (χ2v) is 23.6. The maximum atomic E-state index is 2.56. The van der Waals surface area contributed by atoms with E-state index in [1.807, 2.05) is 0 Å². The van der Waals surface area contributed by atoms with E-state index in [1.165, 1.54) is 127 Å². The van der Waals surface area contributed by atoms with Gasteiger partial charge in [0.05, 0.1) is 9.52 Å². The van der Waals surface area contributed by atoms with Crippen LogP contribution in [0, 0.1) is 0 Å². The van der Waals surface area contributed by atoms with E-state index in [-0.39, 0.29) is 20.3 Å². The highest BCUT2D eigenvalue weighted by atomic mass is 28.2. The van der Waals surface area contributed by atoms with E-state index in [0.29, 0.717) is 0 Å². The Morgan fingerprint density at radius 3 is 1.31 bits per heavy atom. The third kappa shape index (κ3) is 6.86. The van der Waals surface area contributed by atoms with Gasteiger partial charge in [-0.25, -0.2) is 0 Å². The lowest BCUT2D eigenvalue weighted by Gasteiger charge is -2.30. The van der Waals surface area contributed by atoms with E-state index in [0.717, 1.165) is 42.6 Å². The minimum absolute atomic E-state index is 0.0826. The zero-order valence-corrected chi connectivity index (χ0v) is 41.3. The molecule has 9 aromatic carbocycles. The van der Waals surface area contributed by atoms with Crippen LogP contribution in [0.2, 0.25) is 5.54 Å². The van der Waals surface area contributed by atoms with Gasteiger partial charge in [0.1, 0.15) is 0 Å². The van der Waals surface area contributed by atoms with Crippen LogP contribution >= 0.6 is 0 Å². The molecule has 0 bridgehead atoms. The Morgan fingerprint density at radius 2 is 0.800 bits per heavy atom. The quantitative estimate of drug-likeness (QED) is 0.108. The van der Waals surface area contributed by atoms with Crippen molar-refractivity contribution < 1.29 is 0 Å². The Balaban J connectivity index is 0.811. The molecule has 0 atom stereocenters. The highest BCUT2D eigenvalue weighted by Gasteiger charge is 2.49. The normalized spacial score (nSPS) is 16.7. The average molecular weight is 916 g/mol. The molecule has 338 valence electrons. The van der Waals surface area contributed by atoms with Gasteiger partial charge in [0, 0.05) is 27.9 Å². The highest BCUT2D eigenvalue weighted by molar-refractivity contribution is 6.55. The molecule has 0 saturated heterocycles. The molecule has 0 heterocycles. The number of para-hydroxylation sites is 2. The van der Waals surface area contributed by atoms with Crippen molar-refractivity contribution in [1.29, 1.82) is 0 Å². The minimum Gasteiger partial charge on any atom is -0.310 e. The summed E-state index contributed by atoms with van der Waals surface area (Å²) in [5.41, 5.74) is 26.8. The number of benzene rings is 9. The Morgan fingerprint density at radius 1 is 0.371 bits per heavy atom. The Kier molecular flexibility index (Phi) is 9.95. The van der Waals surface area contributed by atoms with Gasteiger partial charge >= 0.3 is 0 Å². The molecule has 1 fully saturated rings. The minimum atomic E-state index is -0.226. The lowest BCUT2D eigenvalue weighted by molar-refractivity contribution is 0.502. The van der Waals surface area contributed by atoms with Crippen LogP contribution in [0.15, 0.2) is 206 Å². The SMILES string of the molecule is C(=C\c1ccc2c(c1)C1(Cc3ccccc3C1)c1cc(N(c3ccccc3)c3ccccc3)ccc1-2)/c1ccc2c(c1)C1(Cc3ccccc3C1)c1cc(-c3ccc([SiH2]C4CCCCC4)cc3)ccc1-2. The molecule has 2 heteroatoms. The Labute approximate surface area is 416 Å². The maximum absolute atomic E-state index is 2.56. The molecule has 14 rings (SSSR count). The van der Waals surface area contributed by atoms with Gasteiger partial charge in [0.2, 0.25) is 0 Å². The van der Waals surface area contributed by atoms with Gasteiger partial charge in [-0.3, -0.25) is 0 Å². The molecule has 9 aromatic rings. The van der Waals surface area contributed by atoms with Crippen molar-refractivity contribution in [1.82, 2.24) is 0 Å². The lowest BCUT2D eigenvalue weighted by Crippen LogP contribution is -2.26. The van der Waals surface area contributed by atoms with Gasteiger partial charge in [-0.2, -0.15) is 0 Å². The van der Waals surface area contributed by atoms with Gasteiger partial charge in [0.15, 0.2) is 0 Å². The summed E-state index contributed by atoms with van der Waals surface area (Å²) in [4.78, 5) is 2.41. The molecule has 2 spiro atoms. The van der Waals surface area contributed by atoms with E-state index in [2.05, 4.69) is 223 Å². The summed E-state index contributed by atoms with van der Waals surface area (Å²) in [6.07, 6.45) is 16.0. The first-order valence-electron chi connectivity index (χ1n) is 26.0. The third-order valence-electron chi connectivity index (χ3n) is 17.2. The number of nitrogens with zero attached hydrogens (tertiary/aromatic N) is 1. The summed E-state index contributed by atoms with van der Waals surface area (Å²) >= 11 is 0. The first-order valence-corrected chi connectivity index (χ1v) is 27.5. The van der Waals surface area contributed by atoms with E-state index < -0.39 is 0 Å². The smallest absolute Gasteiger partial charge is 0.0578 e. The molecule has 0 aliphatic heterocycles. The molecule has 5 aliphatic rings. The number of hydrogen-bond donors (Lipinski definition) is 0. The molecule has 1 saturated carbocycles. The number of anilines is 3. The second kappa shape index (κ2) is 16.7. The van der Waals surface area contributed by atoms with Crippen LogP contribution in [0.5, 0.6) is 0 Å². The standard InChI is InChI=1S/C68H57NSi/c1-4-18-54(19-5-1)69(55-20-6-2-7-21-55)56-31-37-62-60-35-27-47(39-64(60)68(66(62)41-56)44-52-16-12-13-17-53(52)45-68)25-24-46-26-34-59-61-36-30-49(48-28-32-58(33-29-48)70-57-22-8-3-9-23-57)40-65(61)67(63(59)38-46)42-50-14-10-11-15-51(50)43-67/h1-2,4-7,10-21,24-41,57H,3,8-9,22-23,42-45,70H2/b25-24+. The molecule has 5 aliphatic carbocycles. The zero-order chi connectivity index (χ0) is 46.2. The van der Waals surface area contributed by atoms with E-state index >= 15 is 0 Å². The van der Waals surface area contributed by atoms with Crippen molar-refractivity contribution in [3.8, 4) is 33.4 Å². The Bertz CT molecular complexity index is 3410. The van der Waals surface area contributed by atoms with Crippen LogP contribution < -0.4 is 10.1 Å². The molecule has 1 nitrogen and oxygen atoms in total. The van der Waals surface area contributed by atoms with Crippen molar-refractivity contribution >= 4 is 43.9 Å². The van der Waals surface area contributed by atoms with E-state index in [4.69, 9.17) is 0 Å². The van der Waals surface area contributed by atoms with Crippen LogP contribution in [0.25, 0.3) is 45.5 Å². The number of hydrogen-bond acceptors (Lipinski definition) is 1. The predicted octanol–water partition coefficient (Wildman–Crippen LogP) is 15.7. The fourth-order valence-corrected chi connectivity index (χ4v) is 16.0. The summed E-state index contributed by atoms with van der Waals surface area (Å²) in [7, 11) is -0.226. The van der Waals surface area contributed by atoms with Crippen molar-refractivity contribution in [3.05, 3.63) is 262 Å². The molecule has 0 unspecified atom stereocenters. The van der Waals surface area contributed by atoms with Gasteiger partial charge in [0.25, 0.3) is 0 Å². The molecule has 0 N–H and O–H groups in total. The van der Waals surface area contributed by atoms with Crippen LogP contribution in [0.4, 0.5) is 17.1 Å². The first kappa shape index (κ1) is 41.7. The predicted molar refractivity (Wildman–Crippen MR) is 297 cm³/mol. The van der Waals surface area contributed by atoms with Gasteiger partial charge in [-0.05, 0) is 163 Å². The largest absolute Gasteiger partial charge is 0.310 e. The summed E-state index contributed by atoms with van der Waals surface area (Å²) in [5, 5.41) is 1.63. The maximum Gasteiger partial charge on any atom is 0.0578 e. The summed E-state index contributed by atoms with van der Waals surface area (Å²) < 4.78 is 0. The van der Waals surface area contributed by atoms with Gasteiger partial charge in [-0.1, -0.05) is 213 Å². The van der Waals surface area contributed by atoms with Crippen LogP contribution in [-0.2, 0) is 36.5 Å². The number of fused-ring (bicyclic) bond motifs is 12. The third-order valence-corrected chi connectivity index (χ3v) is 19.6. The highest BCUT2D eigenvalue weighted by Crippen LogP contribution is 2.58. The fraction of sp³-hybridized carbons (Fsp3) is 0.176. The van der Waals surface area contributed by atoms with Crippen molar-refractivity contribution in [2.24, 2.45) is 0 Å². The summed E-state index contributed by atoms with van der Waals surface area (Å²) in [5.74, 6) is 0. The van der Waals surface area contributed by atoms with Crippen LogP contribution in [-0.4, -0.2) is 9.52 Å². The second-order valence-electron chi connectivity index (χ2n) is 21.3. The van der Waals surface area contributed by atoms with Crippen LogP contribution in [0.1, 0.15) is 87.7 Å². The van der Waals surface area contributed by atoms with Crippen molar-refractivity contribution in [3.63, 3.8) is 0 Å². The zero-order valence-electron chi connectivity index (χ0n) is 39.9. The van der Waals surface area contributed by atoms with E-state index in [9.17, 15) is 0 Å². The summed E-state index contributed by atoms with van der Waals surface area (Å²) in [6.45, 7) is 0. The van der Waals surface area contributed by atoms with Gasteiger partial charge in [-0.15, -0.1) is 0 Å². The monoisotopic (exact) mass is 915 g/mol. The van der Waals surface area contributed by atoms with Gasteiger partial charge < -0.3 is 4.90 Å². The van der Waals surface area contributed by atoms with E-state index in [1.54, 1.807) is 5.19 Å². The molecular formula is C68H57NSi. The Hall–Kier alpha value is -7.26.